The molecule has 4 rings (SSSR count). The number of methoxy groups -OCH3 is 2. The number of carbonyl (C=O) groups is 2. The lowest BCUT2D eigenvalue weighted by Gasteiger charge is -2.30. The zero-order chi connectivity index (χ0) is 32.6. The summed E-state index contributed by atoms with van der Waals surface area (Å²) in [7, 11) is 3.44. The molecule has 2 N–H and O–H groups in total. The van der Waals surface area contributed by atoms with Gasteiger partial charge >= 0.3 is 5.97 Å². The third-order valence-electron chi connectivity index (χ3n) is 8.25. The van der Waals surface area contributed by atoms with Crippen LogP contribution in [0.2, 0.25) is 0 Å². The predicted molar refractivity (Wildman–Crippen MR) is 186 cm³/mol. The minimum Gasteiger partial charge on any atom is -0.480 e. The Labute approximate surface area is 273 Å². The molecule has 0 spiro atoms. The number of amides is 1. The van der Waals surface area contributed by atoms with Gasteiger partial charge in [-0.15, -0.1) is 0 Å². The van der Waals surface area contributed by atoms with Crippen molar-refractivity contribution < 1.29 is 24.2 Å². The third-order valence-corrected chi connectivity index (χ3v) is 8.89. The summed E-state index contributed by atoms with van der Waals surface area (Å²) in [5.41, 5.74) is 6.08. The Morgan fingerprint density at radius 2 is 1.73 bits per heavy atom. The van der Waals surface area contributed by atoms with Crippen LogP contribution in [0.5, 0.6) is 0 Å². The second-order valence-corrected chi connectivity index (χ2v) is 12.6. The zero-order valence-corrected chi connectivity index (χ0v) is 28.3. The van der Waals surface area contributed by atoms with Crippen molar-refractivity contribution in [1.29, 1.82) is 0 Å². The number of rotatable bonds is 14. The normalized spacial score (nSPS) is 18.7. The van der Waals surface area contributed by atoms with Crippen LogP contribution in [0.25, 0.3) is 5.57 Å². The van der Waals surface area contributed by atoms with Crippen molar-refractivity contribution in [2.75, 3.05) is 39.4 Å². The van der Waals surface area contributed by atoms with E-state index in [9.17, 15) is 14.7 Å². The van der Waals surface area contributed by atoms with Gasteiger partial charge in [0.1, 0.15) is 6.04 Å². The number of carboxylic acids is 1. The van der Waals surface area contributed by atoms with Crippen molar-refractivity contribution in [3.05, 3.63) is 101 Å². The molecule has 0 saturated carbocycles. The van der Waals surface area contributed by atoms with Crippen molar-refractivity contribution >= 4 is 29.2 Å². The Kier molecular flexibility index (Phi) is 15.6. The van der Waals surface area contributed by atoms with Gasteiger partial charge in [-0.1, -0.05) is 66.3 Å². The summed E-state index contributed by atoms with van der Waals surface area (Å²) in [4.78, 5) is 28.0. The lowest BCUT2D eigenvalue weighted by atomic mass is 9.92. The molecule has 244 valence electrons. The van der Waals surface area contributed by atoms with Crippen molar-refractivity contribution in [3.8, 4) is 0 Å². The van der Waals surface area contributed by atoms with Gasteiger partial charge < -0.3 is 19.9 Å². The topological polar surface area (TPSA) is 88.1 Å². The van der Waals surface area contributed by atoms with Crippen LogP contribution in [-0.4, -0.2) is 79.5 Å². The number of carbonyl (C=O) groups excluding carboxylic acids is 1. The summed E-state index contributed by atoms with van der Waals surface area (Å²) < 4.78 is 10.1. The van der Waals surface area contributed by atoms with Gasteiger partial charge in [0.2, 0.25) is 0 Å². The molecule has 45 heavy (non-hydrogen) atoms. The number of benzene rings is 2. The summed E-state index contributed by atoms with van der Waals surface area (Å²) in [6, 6.07) is 16.5. The Bertz CT molecular complexity index is 1320. The molecule has 2 aliphatic rings. The van der Waals surface area contributed by atoms with Gasteiger partial charge in [0.05, 0.1) is 6.61 Å². The number of allylic oxidation sites excluding steroid dienone is 6. The van der Waals surface area contributed by atoms with Gasteiger partial charge in [-0.05, 0) is 92.4 Å². The van der Waals surface area contributed by atoms with Crippen LogP contribution in [0, 0.1) is 0 Å². The summed E-state index contributed by atoms with van der Waals surface area (Å²) in [6.45, 7) is 6.30. The first-order valence-electron chi connectivity index (χ1n) is 15.8. The molecule has 1 amide bonds. The van der Waals surface area contributed by atoms with E-state index in [1.807, 2.05) is 37.5 Å². The number of ether oxygens (including phenoxy) is 2. The molecule has 3 atom stereocenters. The van der Waals surface area contributed by atoms with E-state index in [0.717, 1.165) is 55.5 Å². The number of carboxylic acid groups (broad SMARTS) is 1. The van der Waals surface area contributed by atoms with Crippen LogP contribution in [0.15, 0.2) is 78.4 Å². The summed E-state index contributed by atoms with van der Waals surface area (Å²) in [6.07, 6.45) is 14.4. The van der Waals surface area contributed by atoms with Crippen LogP contribution in [-0.2, 0) is 27.2 Å². The van der Waals surface area contributed by atoms with Crippen molar-refractivity contribution in [3.63, 3.8) is 0 Å². The molecule has 1 fully saturated rings. The first-order chi connectivity index (χ1) is 21.8. The van der Waals surface area contributed by atoms with Gasteiger partial charge in [-0.3, -0.25) is 9.69 Å². The monoisotopic (exact) mass is 634 g/mol. The number of likely N-dealkylation sites (tertiary alicyclic amines) is 1. The number of nitrogens with zero attached hydrogens (tertiary/aromatic N) is 1. The Balaban J connectivity index is 0.00000130. The lowest BCUT2D eigenvalue weighted by Crippen LogP contribution is -2.41. The highest BCUT2D eigenvalue weighted by Crippen LogP contribution is 2.32. The molecule has 1 aliphatic heterocycles. The molecule has 1 saturated heterocycles. The highest BCUT2D eigenvalue weighted by atomic mass is 32.2. The minimum absolute atomic E-state index is 0.332. The predicted octanol–water partition coefficient (Wildman–Crippen LogP) is 6.79. The fourth-order valence-electron chi connectivity index (χ4n) is 5.84. The smallest absolute Gasteiger partial charge is 0.326 e. The minimum atomic E-state index is -1.01. The highest BCUT2D eigenvalue weighted by Gasteiger charge is 2.33. The highest BCUT2D eigenvalue weighted by molar-refractivity contribution is 7.98. The molecule has 2 aromatic carbocycles. The molecule has 1 heterocycles. The Morgan fingerprint density at radius 1 is 1.02 bits per heavy atom. The second kappa shape index (κ2) is 19.4. The standard InChI is InChI=1S/C34H42N2O4S.C3H8O/c1-24-9-7-8-12-27(19-24)31-21-26(13-16-30(31)33(37)35-32(34(38)39)17-18-41-3)22-36-28(14-15-29(36)23-40-2)20-25-10-5-4-6-11-25;1-3-4-2/h4-13,16,21,28-29,32H,14-15,17-20,22-23H2,1-3H3,(H,35,37)(H,38,39);3H2,1-2H3. The van der Waals surface area contributed by atoms with Crippen LogP contribution >= 0.6 is 11.8 Å². The van der Waals surface area contributed by atoms with E-state index in [1.165, 1.54) is 11.1 Å². The van der Waals surface area contributed by atoms with Crippen LogP contribution < -0.4 is 5.32 Å². The zero-order valence-electron chi connectivity index (χ0n) is 27.5. The number of hydrogen-bond donors (Lipinski definition) is 2. The van der Waals surface area contributed by atoms with Gasteiger partial charge in [0.25, 0.3) is 5.91 Å². The Hall–Kier alpha value is -3.17. The number of thioether (sulfide) groups is 1. The van der Waals surface area contributed by atoms with Gasteiger partial charge in [0.15, 0.2) is 0 Å². The third kappa shape index (κ3) is 11.3. The van der Waals surface area contributed by atoms with Gasteiger partial charge in [-0.2, -0.15) is 11.8 Å². The van der Waals surface area contributed by atoms with Crippen LogP contribution in [0.4, 0.5) is 0 Å². The Morgan fingerprint density at radius 3 is 2.40 bits per heavy atom. The maximum Gasteiger partial charge on any atom is 0.326 e. The van der Waals surface area contributed by atoms with E-state index >= 15 is 0 Å². The number of hydrogen-bond acceptors (Lipinski definition) is 6. The van der Waals surface area contributed by atoms with E-state index in [4.69, 9.17) is 4.74 Å². The molecule has 8 heteroatoms. The average molecular weight is 635 g/mol. The molecule has 7 nitrogen and oxygen atoms in total. The molecule has 0 bridgehead atoms. The van der Waals surface area contributed by atoms with Crippen LogP contribution in [0.3, 0.4) is 0 Å². The van der Waals surface area contributed by atoms with E-state index in [1.54, 1.807) is 26.0 Å². The molecular weight excluding hydrogens is 584 g/mol. The fourth-order valence-corrected chi connectivity index (χ4v) is 6.31. The summed E-state index contributed by atoms with van der Waals surface area (Å²) in [5, 5.41) is 12.5. The fraction of sp³-hybridized carbons (Fsp3) is 0.459. The maximum atomic E-state index is 13.5. The summed E-state index contributed by atoms with van der Waals surface area (Å²) >= 11 is 1.57. The first kappa shape index (κ1) is 36.3. The quantitative estimate of drug-likeness (QED) is 0.237. The van der Waals surface area contributed by atoms with Crippen molar-refractivity contribution in [2.45, 2.75) is 70.6 Å². The molecule has 2 aromatic rings. The number of nitrogens with one attached hydrogen (secondary N) is 1. The molecule has 0 radical (unpaired) electrons. The maximum absolute atomic E-state index is 13.5. The van der Waals surface area contributed by atoms with E-state index in [2.05, 4.69) is 70.4 Å². The second-order valence-electron chi connectivity index (χ2n) is 11.6. The summed E-state index contributed by atoms with van der Waals surface area (Å²) in [5.74, 6) is -0.703. The van der Waals surface area contributed by atoms with Crippen LogP contribution in [0.1, 0.15) is 66.6 Å². The van der Waals surface area contributed by atoms with E-state index < -0.39 is 12.0 Å². The molecule has 1 aliphatic carbocycles. The number of aliphatic carboxylic acids is 1. The van der Waals surface area contributed by atoms with E-state index in [0.29, 0.717) is 36.4 Å². The molecule has 3 unspecified atom stereocenters. The largest absolute Gasteiger partial charge is 0.480 e. The molecule has 0 aromatic heterocycles. The van der Waals surface area contributed by atoms with Gasteiger partial charge in [0, 0.05) is 45.0 Å². The van der Waals surface area contributed by atoms with Crippen molar-refractivity contribution in [2.24, 2.45) is 0 Å². The van der Waals surface area contributed by atoms with Gasteiger partial charge in [-0.25, -0.2) is 4.79 Å². The molecular formula is C37H50N2O5S. The first-order valence-corrected chi connectivity index (χ1v) is 17.2. The average Bonchev–Trinajstić information content (AvgIpc) is 3.25. The lowest BCUT2D eigenvalue weighted by molar-refractivity contribution is -0.139. The van der Waals surface area contributed by atoms with E-state index in [-0.39, 0.29) is 5.91 Å². The van der Waals surface area contributed by atoms with Crippen molar-refractivity contribution in [1.82, 2.24) is 10.2 Å². The SMILES string of the molecule is CCOC.COCC1CCC(Cc2ccccc2)N1Cc1ccc(C(=O)NC(CCSC)C(=O)O)c(C2=CC=CC=C(C)C2)c1.